The van der Waals surface area contributed by atoms with E-state index in [-0.39, 0.29) is 22.6 Å². The molecule has 6 nitrogen and oxygen atoms in total. The van der Waals surface area contributed by atoms with Gasteiger partial charge < -0.3 is 10.4 Å². The van der Waals surface area contributed by atoms with Crippen LogP contribution in [0.25, 0.3) is 0 Å². The molecular weight excluding hydrogens is 260 g/mol. The Morgan fingerprint density at radius 3 is 2.55 bits per heavy atom. The maximum atomic E-state index is 10.9. The molecule has 0 amide bonds. The lowest BCUT2D eigenvalue weighted by molar-refractivity contribution is -0.385. The lowest BCUT2D eigenvalue weighted by Gasteiger charge is -2.28. The summed E-state index contributed by atoms with van der Waals surface area (Å²) < 4.78 is 0. The molecule has 0 aliphatic heterocycles. The van der Waals surface area contributed by atoms with E-state index in [1.54, 1.807) is 13.0 Å². The molecule has 0 unspecified atom stereocenters. The van der Waals surface area contributed by atoms with Gasteiger partial charge in [-0.2, -0.15) is 0 Å². The van der Waals surface area contributed by atoms with Crippen molar-refractivity contribution in [2.75, 3.05) is 5.32 Å². The molecule has 6 heteroatoms. The third-order valence-corrected chi connectivity index (χ3v) is 3.94. The molecule has 0 heterocycles. The van der Waals surface area contributed by atoms with Crippen LogP contribution in [0.1, 0.15) is 31.2 Å². The third kappa shape index (κ3) is 3.07. The van der Waals surface area contributed by atoms with Gasteiger partial charge in [-0.3, -0.25) is 14.9 Å². The van der Waals surface area contributed by atoms with E-state index in [2.05, 4.69) is 5.32 Å². The van der Waals surface area contributed by atoms with E-state index in [1.165, 1.54) is 6.07 Å². The van der Waals surface area contributed by atoms with Crippen molar-refractivity contribution in [2.24, 2.45) is 5.92 Å². The number of anilines is 1. The van der Waals surface area contributed by atoms with Crippen molar-refractivity contribution < 1.29 is 14.8 Å². The van der Waals surface area contributed by atoms with Gasteiger partial charge in [0, 0.05) is 23.4 Å². The summed E-state index contributed by atoms with van der Waals surface area (Å²) in [7, 11) is 0. The number of nitro groups is 1. The molecule has 1 aliphatic carbocycles. The predicted octanol–water partition coefficient (Wildman–Crippen LogP) is 2.96. The topological polar surface area (TPSA) is 92.5 Å². The fourth-order valence-electron chi connectivity index (χ4n) is 2.68. The van der Waals surface area contributed by atoms with Gasteiger partial charge in [-0.05, 0) is 38.7 Å². The van der Waals surface area contributed by atoms with Crippen molar-refractivity contribution in [3.8, 4) is 0 Å². The minimum absolute atomic E-state index is 0.106. The second-order valence-corrected chi connectivity index (χ2v) is 5.24. The summed E-state index contributed by atoms with van der Waals surface area (Å²) in [5.41, 5.74) is 1.49. The SMILES string of the molecule is Cc1c(NC2CCC(C(=O)O)CC2)cccc1[N+](=O)[O-]. The Morgan fingerprint density at radius 1 is 1.35 bits per heavy atom. The largest absolute Gasteiger partial charge is 0.481 e. The van der Waals surface area contributed by atoms with Crippen LogP contribution >= 0.6 is 0 Å². The molecule has 0 atom stereocenters. The third-order valence-electron chi connectivity index (χ3n) is 3.94. The Labute approximate surface area is 117 Å². The summed E-state index contributed by atoms with van der Waals surface area (Å²) in [6.45, 7) is 1.73. The number of aliphatic carboxylic acids is 1. The molecule has 1 aliphatic rings. The molecule has 1 aromatic carbocycles. The Hall–Kier alpha value is -2.11. The summed E-state index contributed by atoms with van der Waals surface area (Å²) in [6, 6.07) is 5.16. The highest BCUT2D eigenvalue weighted by Crippen LogP contribution is 2.30. The van der Waals surface area contributed by atoms with Crippen LogP contribution in [-0.4, -0.2) is 22.0 Å². The van der Waals surface area contributed by atoms with E-state index in [4.69, 9.17) is 5.11 Å². The number of carboxylic acids is 1. The molecular formula is C14H18N2O4. The van der Waals surface area contributed by atoms with Gasteiger partial charge in [0.2, 0.25) is 0 Å². The van der Waals surface area contributed by atoms with Gasteiger partial charge in [-0.15, -0.1) is 0 Å². The van der Waals surface area contributed by atoms with Gasteiger partial charge in [0.05, 0.1) is 10.8 Å². The first kappa shape index (κ1) is 14.3. The number of rotatable bonds is 4. The van der Waals surface area contributed by atoms with Crippen LogP contribution in [0.15, 0.2) is 18.2 Å². The highest BCUT2D eigenvalue weighted by atomic mass is 16.6. The van der Waals surface area contributed by atoms with Crippen LogP contribution < -0.4 is 5.32 Å². The number of benzene rings is 1. The van der Waals surface area contributed by atoms with Crippen LogP contribution in [0.4, 0.5) is 11.4 Å². The number of nitrogens with one attached hydrogen (secondary N) is 1. The summed E-state index contributed by atoms with van der Waals surface area (Å²) in [4.78, 5) is 21.4. The number of carbonyl (C=O) groups is 1. The zero-order valence-electron chi connectivity index (χ0n) is 11.3. The number of carboxylic acid groups (broad SMARTS) is 1. The average Bonchev–Trinajstić information content (AvgIpc) is 2.41. The number of nitrogens with zero attached hydrogens (tertiary/aromatic N) is 1. The molecule has 0 spiro atoms. The Kier molecular flexibility index (Phi) is 4.22. The van der Waals surface area contributed by atoms with Crippen molar-refractivity contribution in [3.63, 3.8) is 0 Å². The van der Waals surface area contributed by atoms with E-state index in [0.29, 0.717) is 18.4 Å². The van der Waals surface area contributed by atoms with Crippen LogP contribution in [0.2, 0.25) is 0 Å². The summed E-state index contributed by atoms with van der Waals surface area (Å²) in [5, 5.41) is 23.2. The molecule has 0 bridgehead atoms. The minimum atomic E-state index is -0.727. The van der Waals surface area contributed by atoms with Crippen molar-refractivity contribution in [1.82, 2.24) is 0 Å². The fourth-order valence-corrected chi connectivity index (χ4v) is 2.68. The molecule has 0 aromatic heterocycles. The zero-order valence-corrected chi connectivity index (χ0v) is 11.3. The molecule has 1 saturated carbocycles. The van der Waals surface area contributed by atoms with E-state index >= 15 is 0 Å². The predicted molar refractivity (Wildman–Crippen MR) is 74.8 cm³/mol. The van der Waals surface area contributed by atoms with Crippen LogP contribution in [0, 0.1) is 23.0 Å². The van der Waals surface area contributed by atoms with E-state index in [9.17, 15) is 14.9 Å². The Balaban J connectivity index is 2.03. The molecule has 20 heavy (non-hydrogen) atoms. The molecule has 0 saturated heterocycles. The smallest absolute Gasteiger partial charge is 0.306 e. The second-order valence-electron chi connectivity index (χ2n) is 5.24. The van der Waals surface area contributed by atoms with Crippen molar-refractivity contribution in [3.05, 3.63) is 33.9 Å². The highest BCUT2D eigenvalue weighted by Gasteiger charge is 2.26. The number of nitro benzene ring substituents is 1. The van der Waals surface area contributed by atoms with Crippen LogP contribution in [-0.2, 0) is 4.79 Å². The summed E-state index contributed by atoms with van der Waals surface area (Å²) in [6.07, 6.45) is 2.86. The van der Waals surface area contributed by atoms with Gasteiger partial charge in [0.1, 0.15) is 0 Å². The lowest BCUT2D eigenvalue weighted by Crippen LogP contribution is -2.29. The van der Waals surface area contributed by atoms with Crippen molar-refractivity contribution >= 4 is 17.3 Å². The van der Waals surface area contributed by atoms with E-state index in [0.717, 1.165) is 18.5 Å². The first-order chi connectivity index (χ1) is 9.49. The van der Waals surface area contributed by atoms with Crippen molar-refractivity contribution in [2.45, 2.75) is 38.6 Å². The van der Waals surface area contributed by atoms with Crippen LogP contribution in [0.5, 0.6) is 0 Å². The lowest BCUT2D eigenvalue weighted by atomic mass is 9.86. The maximum Gasteiger partial charge on any atom is 0.306 e. The normalized spacial score (nSPS) is 22.2. The molecule has 1 fully saturated rings. The summed E-state index contributed by atoms with van der Waals surface area (Å²) in [5.74, 6) is -0.978. The number of hydrogen-bond acceptors (Lipinski definition) is 4. The molecule has 108 valence electrons. The fraction of sp³-hybridized carbons (Fsp3) is 0.500. The highest BCUT2D eigenvalue weighted by molar-refractivity contribution is 5.70. The van der Waals surface area contributed by atoms with Crippen molar-refractivity contribution in [1.29, 1.82) is 0 Å². The monoisotopic (exact) mass is 278 g/mol. The minimum Gasteiger partial charge on any atom is -0.481 e. The first-order valence-electron chi connectivity index (χ1n) is 6.72. The quantitative estimate of drug-likeness (QED) is 0.652. The molecule has 1 aromatic rings. The molecule has 2 rings (SSSR count). The Bertz CT molecular complexity index is 522. The van der Waals surface area contributed by atoms with E-state index < -0.39 is 5.97 Å². The summed E-state index contributed by atoms with van der Waals surface area (Å²) >= 11 is 0. The molecule has 0 radical (unpaired) electrons. The van der Waals surface area contributed by atoms with Gasteiger partial charge in [-0.1, -0.05) is 6.07 Å². The molecule has 2 N–H and O–H groups in total. The number of hydrogen-bond donors (Lipinski definition) is 2. The van der Waals surface area contributed by atoms with Gasteiger partial charge in [-0.25, -0.2) is 0 Å². The van der Waals surface area contributed by atoms with Crippen LogP contribution in [0.3, 0.4) is 0 Å². The van der Waals surface area contributed by atoms with Gasteiger partial charge in [0.25, 0.3) is 5.69 Å². The van der Waals surface area contributed by atoms with Gasteiger partial charge >= 0.3 is 5.97 Å². The average molecular weight is 278 g/mol. The first-order valence-corrected chi connectivity index (χ1v) is 6.72. The second kappa shape index (κ2) is 5.90. The maximum absolute atomic E-state index is 10.9. The Morgan fingerprint density at radius 2 is 2.00 bits per heavy atom. The van der Waals surface area contributed by atoms with Gasteiger partial charge in [0.15, 0.2) is 0 Å². The zero-order chi connectivity index (χ0) is 14.7. The standard InChI is InChI=1S/C14H18N2O4/c1-9-12(3-2-4-13(9)16(19)20)15-11-7-5-10(6-8-11)14(17)18/h2-4,10-11,15H,5-8H2,1H3,(H,17,18). The van der Waals surface area contributed by atoms with E-state index in [1.807, 2.05) is 6.07 Å².